The van der Waals surface area contributed by atoms with Crippen molar-refractivity contribution in [1.29, 1.82) is 0 Å². The summed E-state index contributed by atoms with van der Waals surface area (Å²) in [5.74, 6) is 2.44. The van der Waals surface area contributed by atoms with E-state index in [1.54, 1.807) is 16.9 Å². The summed E-state index contributed by atoms with van der Waals surface area (Å²) in [5, 5.41) is 4.32. The van der Waals surface area contributed by atoms with Crippen molar-refractivity contribution in [2.45, 2.75) is 6.54 Å². The van der Waals surface area contributed by atoms with Gasteiger partial charge in [-0.1, -0.05) is 17.5 Å². The van der Waals surface area contributed by atoms with Crippen molar-refractivity contribution in [3.8, 4) is 12.3 Å². The summed E-state index contributed by atoms with van der Waals surface area (Å²) in [6.07, 6.45) is 6.75. The average molecular weight is 141 g/mol. The lowest BCUT2D eigenvalue weighted by Crippen LogP contribution is -1.94. The lowest BCUT2D eigenvalue weighted by molar-refractivity contribution is 0.716. The number of rotatable bonds is 1. The highest BCUT2D eigenvalue weighted by Gasteiger charge is 1.89. The molecule has 0 spiro atoms. The molecule has 0 bridgehead atoms. The molecule has 0 radical (unpaired) electrons. The van der Waals surface area contributed by atoms with Crippen molar-refractivity contribution in [3.05, 3.63) is 17.4 Å². The van der Waals surface area contributed by atoms with E-state index in [4.69, 9.17) is 18.0 Å². The molecule has 1 heterocycles. The lowest BCUT2D eigenvalue weighted by atomic mass is 10.7. The zero-order valence-electron chi connectivity index (χ0n) is 4.71. The van der Waals surface area contributed by atoms with Crippen molar-refractivity contribution in [2.75, 3.05) is 0 Å². The number of aromatic nitrogens is 2. The molecule has 0 saturated heterocycles. The van der Waals surface area contributed by atoms with E-state index in [0.29, 0.717) is 11.7 Å². The van der Waals surface area contributed by atoms with Gasteiger partial charge in [0.15, 0.2) is 5.15 Å². The van der Waals surface area contributed by atoms with Crippen molar-refractivity contribution >= 4 is 11.6 Å². The van der Waals surface area contributed by atoms with E-state index in [0.717, 1.165) is 0 Å². The van der Waals surface area contributed by atoms with Crippen molar-refractivity contribution in [1.82, 2.24) is 9.78 Å². The summed E-state index contributed by atoms with van der Waals surface area (Å²) in [6, 6.07) is 1.69. The van der Waals surface area contributed by atoms with E-state index >= 15 is 0 Å². The molecule has 0 aliphatic heterocycles. The molecule has 2 nitrogen and oxygen atoms in total. The molecule has 46 valence electrons. The van der Waals surface area contributed by atoms with Gasteiger partial charge in [-0.15, -0.1) is 6.42 Å². The van der Waals surface area contributed by atoms with Gasteiger partial charge in [-0.3, -0.25) is 4.68 Å². The first-order chi connectivity index (χ1) is 4.33. The molecule has 0 aromatic carbocycles. The first-order valence-corrected chi connectivity index (χ1v) is 2.83. The molecule has 0 N–H and O–H groups in total. The smallest absolute Gasteiger partial charge is 0.151 e. The van der Waals surface area contributed by atoms with Crippen LogP contribution in [0.4, 0.5) is 0 Å². The summed E-state index contributed by atoms with van der Waals surface area (Å²) < 4.78 is 1.60. The second kappa shape index (κ2) is 2.56. The molecule has 1 aromatic rings. The molecule has 1 aromatic heterocycles. The van der Waals surface area contributed by atoms with Crippen LogP contribution in [0.25, 0.3) is 0 Å². The van der Waals surface area contributed by atoms with Crippen molar-refractivity contribution in [2.24, 2.45) is 0 Å². The minimum atomic E-state index is 0.477. The first kappa shape index (κ1) is 6.18. The Labute approximate surface area is 58.4 Å². The molecular weight excluding hydrogens is 136 g/mol. The molecule has 9 heavy (non-hydrogen) atoms. The Morgan fingerprint density at radius 1 is 1.89 bits per heavy atom. The Morgan fingerprint density at radius 2 is 2.67 bits per heavy atom. The van der Waals surface area contributed by atoms with Crippen molar-refractivity contribution < 1.29 is 0 Å². The number of terminal acetylenes is 1. The van der Waals surface area contributed by atoms with Gasteiger partial charge in [0.1, 0.15) is 6.54 Å². The van der Waals surface area contributed by atoms with Gasteiger partial charge in [0, 0.05) is 6.20 Å². The first-order valence-electron chi connectivity index (χ1n) is 2.45. The average Bonchev–Trinajstić information content (AvgIpc) is 2.17. The monoisotopic (exact) mass is 140 g/mol. The minimum Gasteiger partial charge on any atom is -0.259 e. The zero-order valence-corrected chi connectivity index (χ0v) is 5.47. The molecule has 0 saturated carbocycles. The Morgan fingerprint density at radius 3 is 3.11 bits per heavy atom. The molecule has 0 fully saturated rings. The van der Waals surface area contributed by atoms with E-state index in [2.05, 4.69) is 11.0 Å². The molecule has 0 aliphatic carbocycles. The van der Waals surface area contributed by atoms with Crippen LogP contribution in [0.3, 0.4) is 0 Å². The third-order valence-corrected chi connectivity index (χ3v) is 1.06. The normalized spacial score (nSPS) is 8.89. The fourth-order valence-corrected chi connectivity index (χ4v) is 0.672. The summed E-state index contributed by atoms with van der Waals surface area (Å²) in [7, 11) is 0. The van der Waals surface area contributed by atoms with Crippen LogP contribution in [-0.2, 0) is 6.54 Å². The van der Waals surface area contributed by atoms with E-state index in [1.807, 2.05) is 0 Å². The van der Waals surface area contributed by atoms with Gasteiger partial charge in [-0.05, 0) is 6.07 Å². The molecule has 1 rings (SSSR count). The predicted molar refractivity (Wildman–Crippen MR) is 36.1 cm³/mol. The molecule has 0 aliphatic rings. The predicted octanol–water partition coefficient (Wildman–Crippen LogP) is 1.17. The fourth-order valence-electron chi connectivity index (χ4n) is 0.519. The highest BCUT2D eigenvalue weighted by Crippen LogP contribution is 2.00. The third-order valence-electron chi connectivity index (χ3n) is 0.861. The van der Waals surface area contributed by atoms with Gasteiger partial charge in [0.05, 0.1) is 0 Å². The minimum absolute atomic E-state index is 0.477. The molecule has 3 heteroatoms. The van der Waals surface area contributed by atoms with Crippen LogP contribution >= 0.6 is 11.6 Å². The van der Waals surface area contributed by atoms with Gasteiger partial charge in [0.2, 0.25) is 0 Å². The molecule has 0 amide bonds. The Balaban J connectivity index is 2.76. The fraction of sp³-hybridized carbons (Fsp3) is 0.167. The van der Waals surface area contributed by atoms with E-state index in [-0.39, 0.29) is 0 Å². The molecular formula is C6H5ClN2. The van der Waals surface area contributed by atoms with Crippen LogP contribution in [0.2, 0.25) is 5.15 Å². The maximum absolute atomic E-state index is 5.50. The summed E-state index contributed by atoms with van der Waals surface area (Å²) in [6.45, 7) is 0.479. The van der Waals surface area contributed by atoms with Crippen LogP contribution in [-0.4, -0.2) is 9.78 Å². The summed E-state index contributed by atoms with van der Waals surface area (Å²) in [5.41, 5.74) is 0. The Hall–Kier alpha value is -0.940. The Kier molecular flexibility index (Phi) is 1.76. The largest absolute Gasteiger partial charge is 0.259 e. The molecule has 0 atom stereocenters. The summed E-state index contributed by atoms with van der Waals surface area (Å²) >= 11 is 5.50. The van der Waals surface area contributed by atoms with Gasteiger partial charge in [-0.25, -0.2) is 0 Å². The van der Waals surface area contributed by atoms with Crippen LogP contribution < -0.4 is 0 Å². The lowest BCUT2D eigenvalue weighted by Gasteiger charge is -1.88. The second-order valence-corrected chi connectivity index (χ2v) is 1.93. The van der Waals surface area contributed by atoms with Gasteiger partial charge < -0.3 is 0 Å². The quantitative estimate of drug-likeness (QED) is 0.536. The number of hydrogen-bond donors (Lipinski definition) is 0. The third kappa shape index (κ3) is 1.48. The number of halogens is 1. The van der Waals surface area contributed by atoms with E-state index in [1.165, 1.54) is 0 Å². The molecule has 0 unspecified atom stereocenters. The highest BCUT2D eigenvalue weighted by molar-refractivity contribution is 6.29. The van der Waals surface area contributed by atoms with Gasteiger partial charge in [0.25, 0.3) is 0 Å². The topological polar surface area (TPSA) is 17.8 Å². The number of nitrogens with zero attached hydrogens (tertiary/aromatic N) is 2. The SMILES string of the molecule is C#CCn1ccc(Cl)n1. The summed E-state index contributed by atoms with van der Waals surface area (Å²) in [4.78, 5) is 0. The second-order valence-electron chi connectivity index (χ2n) is 1.54. The standard InChI is InChI=1S/C6H5ClN2/c1-2-4-9-5-3-6(7)8-9/h1,3,5H,4H2. The number of hydrogen-bond acceptors (Lipinski definition) is 1. The van der Waals surface area contributed by atoms with Crippen molar-refractivity contribution in [3.63, 3.8) is 0 Å². The van der Waals surface area contributed by atoms with Crippen LogP contribution in [0, 0.1) is 12.3 Å². The Bertz CT molecular complexity index is 233. The zero-order chi connectivity index (χ0) is 6.69. The van der Waals surface area contributed by atoms with Crippen LogP contribution in [0.15, 0.2) is 12.3 Å². The van der Waals surface area contributed by atoms with E-state index < -0.39 is 0 Å². The van der Waals surface area contributed by atoms with Gasteiger partial charge in [-0.2, -0.15) is 5.10 Å². The van der Waals surface area contributed by atoms with E-state index in [9.17, 15) is 0 Å². The maximum Gasteiger partial charge on any atom is 0.151 e. The maximum atomic E-state index is 5.50. The van der Waals surface area contributed by atoms with Crippen LogP contribution in [0.1, 0.15) is 0 Å². The highest BCUT2D eigenvalue weighted by atomic mass is 35.5. The van der Waals surface area contributed by atoms with Crippen LogP contribution in [0.5, 0.6) is 0 Å². The van der Waals surface area contributed by atoms with Gasteiger partial charge >= 0.3 is 0 Å².